The number of nitrogens with zero attached hydrogens (tertiary/aromatic N) is 1. The molecule has 84 valence electrons. The molecule has 2 atom stereocenters. The minimum absolute atomic E-state index is 0.334. The third-order valence-corrected chi connectivity index (χ3v) is 2.85. The van der Waals surface area contributed by atoms with Crippen LogP contribution in [-0.4, -0.2) is 48.2 Å². The number of rotatable bonds is 6. The molecule has 4 nitrogen and oxygen atoms in total. The molecule has 0 aliphatic rings. The SMILES string of the molecule is CCC(C)(NCC(C)N(C)C)C(=O)O. The second kappa shape index (κ2) is 5.32. The summed E-state index contributed by atoms with van der Waals surface area (Å²) in [5, 5.41) is 12.1. The van der Waals surface area contributed by atoms with Gasteiger partial charge in [-0.25, -0.2) is 0 Å². The molecule has 0 aliphatic heterocycles. The summed E-state index contributed by atoms with van der Waals surface area (Å²) in [5.41, 5.74) is -0.801. The van der Waals surface area contributed by atoms with Crippen LogP contribution in [0.2, 0.25) is 0 Å². The van der Waals surface area contributed by atoms with Crippen molar-refractivity contribution in [3.63, 3.8) is 0 Å². The number of likely N-dealkylation sites (N-methyl/N-ethyl adjacent to an activating group) is 1. The van der Waals surface area contributed by atoms with Gasteiger partial charge in [-0.15, -0.1) is 0 Å². The van der Waals surface area contributed by atoms with Gasteiger partial charge in [-0.2, -0.15) is 0 Å². The molecule has 0 aromatic carbocycles. The monoisotopic (exact) mass is 202 g/mol. The van der Waals surface area contributed by atoms with Crippen molar-refractivity contribution in [1.29, 1.82) is 0 Å². The lowest BCUT2D eigenvalue weighted by Crippen LogP contribution is -2.52. The van der Waals surface area contributed by atoms with Crippen molar-refractivity contribution in [3.8, 4) is 0 Å². The highest BCUT2D eigenvalue weighted by molar-refractivity contribution is 5.78. The average Bonchev–Trinajstić information content (AvgIpc) is 2.12. The molecule has 4 heteroatoms. The van der Waals surface area contributed by atoms with Gasteiger partial charge in [0.25, 0.3) is 0 Å². The van der Waals surface area contributed by atoms with Crippen LogP contribution in [0.4, 0.5) is 0 Å². The van der Waals surface area contributed by atoms with Gasteiger partial charge in [0, 0.05) is 12.6 Å². The summed E-state index contributed by atoms with van der Waals surface area (Å²) in [6.07, 6.45) is 0.586. The summed E-state index contributed by atoms with van der Waals surface area (Å²) in [7, 11) is 3.97. The highest BCUT2D eigenvalue weighted by atomic mass is 16.4. The average molecular weight is 202 g/mol. The maximum atomic E-state index is 11.0. The van der Waals surface area contributed by atoms with Crippen LogP contribution in [0.1, 0.15) is 27.2 Å². The van der Waals surface area contributed by atoms with E-state index in [0.717, 1.165) is 0 Å². The van der Waals surface area contributed by atoms with E-state index in [1.807, 2.05) is 21.0 Å². The second-order valence-electron chi connectivity index (χ2n) is 4.18. The number of carbonyl (C=O) groups is 1. The molecule has 0 fully saturated rings. The molecule has 14 heavy (non-hydrogen) atoms. The van der Waals surface area contributed by atoms with Crippen LogP contribution in [0.5, 0.6) is 0 Å². The van der Waals surface area contributed by atoms with Gasteiger partial charge in [0.1, 0.15) is 5.54 Å². The summed E-state index contributed by atoms with van der Waals surface area (Å²) < 4.78 is 0. The van der Waals surface area contributed by atoms with E-state index in [1.165, 1.54) is 0 Å². The van der Waals surface area contributed by atoms with E-state index in [-0.39, 0.29) is 0 Å². The molecule has 0 aromatic rings. The van der Waals surface area contributed by atoms with Gasteiger partial charge in [0.05, 0.1) is 0 Å². The van der Waals surface area contributed by atoms with Gasteiger partial charge in [-0.05, 0) is 34.4 Å². The molecule has 0 aromatic heterocycles. The second-order valence-corrected chi connectivity index (χ2v) is 4.18. The van der Waals surface area contributed by atoms with Crippen LogP contribution in [0.3, 0.4) is 0 Å². The maximum Gasteiger partial charge on any atom is 0.323 e. The normalized spacial score (nSPS) is 17.9. The van der Waals surface area contributed by atoms with Gasteiger partial charge < -0.3 is 15.3 Å². The molecule has 0 saturated carbocycles. The number of hydrogen-bond acceptors (Lipinski definition) is 3. The molecule has 0 rings (SSSR count). The Hall–Kier alpha value is -0.610. The summed E-state index contributed by atoms with van der Waals surface area (Å²) in [6, 6.07) is 0.334. The molecule has 0 spiro atoms. The zero-order valence-corrected chi connectivity index (χ0v) is 9.79. The Balaban J connectivity index is 4.15. The fourth-order valence-corrected chi connectivity index (χ4v) is 0.907. The molecule has 0 saturated heterocycles. The Bertz CT molecular complexity index is 195. The van der Waals surface area contributed by atoms with Gasteiger partial charge in [0.2, 0.25) is 0 Å². The van der Waals surface area contributed by atoms with E-state index in [4.69, 9.17) is 5.11 Å². The number of aliphatic carboxylic acids is 1. The standard InChI is InChI=1S/C10H22N2O2/c1-6-10(3,9(13)14)11-7-8(2)12(4)5/h8,11H,6-7H2,1-5H3,(H,13,14). The maximum absolute atomic E-state index is 11.0. The van der Waals surface area contributed by atoms with Gasteiger partial charge in [0.15, 0.2) is 0 Å². The van der Waals surface area contributed by atoms with Crippen LogP contribution in [0.25, 0.3) is 0 Å². The van der Waals surface area contributed by atoms with Crippen LogP contribution >= 0.6 is 0 Å². The Labute approximate surface area is 86.3 Å². The lowest BCUT2D eigenvalue weighted by atomic mass is 9.99. The van der Waals surface area contributed by atoms with E-state index in [1.54, 1.807) is 6.92 Å². The number of hydrogen-bond donors (Lipinski definition) is 2. The molecule has 0 radical (unpaired) electrons. The third kappa shape index (κ3) is 3.64. The number of carboxylic acids is 1. The van der Waals surface area contributed by atoms with E-state index in [0.29, 0.717) is 19.0 Å². The Morgan fingerprint density at radius 2 is 2.07 bits per heavy atom. The summed E-state index contributed by atoms with van der Waals surface area (Å²) in [5.74, 6) is -0.786. The highest BCUT2D eigenvalue weighted by Gasteiger charge is 2.30. The van der Waals surface area contributed by atoms with Crippen LogP contribution in [0, 0.1) is 0 Å². The molecule has 2 N–H and O–H groups in total. The minimum atomic E-state index is -0.801. The molecule has 2 unspecified atom stereocenters. The largest absolute Gasteiger partial charge is 0.480 e. The topological polar surface area (TPSA) is 52.6 Å². The first-order chi connectivity index (χ1) is 6.33. The zero-order valence-electron chi connectivity index (χ0n) is 9.79. The lowest BCUT2D eigenvalue weighted by molar-refractivity contribution is -0.144. The van der Waals surface area contributed by atoms with Crippen molar-refractivity contribution < 1.29 is 9.90 Å². The fraction of sp³-hybridized carbons (Fsp3) is 0.900. The first-order valence-corrected chi connectivity index (χ1v) is 4.98. The fourth-order valence-electron chi connectivity index (χ4n) is 0.907. The first-order valence-electron chi connectivity index (χ1n) is 4.98. The molecular formula is C10H22N2O2. The number of carboxylic acid groups (broad SMARTS) is 1. The van der Waals surface area contributed by atoms with Crippen molar-refractivity contribution in [1.82, 2.24) is 10.2 Å². The van der Waals surface area contributed by atoms with Crippen molar-refractivity contribution >= 4 is 5.97 Å². The molecule has 0 amide bonds. The highest BCUT2D eigenvalue weighted by Crippen LogP contribution is 2.09. The Morgan fingerprint density at radius 3 is 2.36 bits per heavy atom. The van der Waals surface area contributed by atoms with E-state index >= 15 is 0 Å². The number of nitrogens with one attached hydrogen (secondary N) is 1. The molecule has 0 bridgehead atoms. The Kier molecular flexibility index (Phi) is 5.08. The third-order valence-electron chi connectivity index (χ3n) is 2.85. The van der Waals surface area contributed by atoms with E-state index in [9.17, 15) is 4.79 Å². The molecule has 0 heterocycles. The van der Waals surface area contributed by atoms with Crippen molar-refractivity contribution in [3.05, 3.63) is 0 Å². The summed E-state index contributed by atoms with van der Waals surface area (Å²) in [6.45, 7) is 6.34. The quantitative estimate of drug-likeness (QED) is 0.668. The van der Waals surface area contributed by atoms with Crippen LogP contribution in [0.15, 0.2) is 0 Å². The van der Waals surface area contributed by atoms with Crippen molar-refractivity contribution in [2.24, 2.45) is 0 Å². The predicted octanol–water partition coefficient (Wildman–Crippen LogP) is 0.779. The van der Waals surface area contributed by atoms with E-state index < -0.39 is 11.5 Å². The molecular weight excluding hydrogens is 180 g/mol. The first kappa shape index (κ1) is 13.4. The molecule has 0 aliphatic carbocycles. The smallest absolute Gasteiger partial charge is 0.323 e. The zero-order chi connectivity index (χ0) is 11.4. The predicted molar refractivity (Wildman–Crippen MR) is 57.5 cm³/mol. The Morgan fingerprint density at radius 1 is 1.57 bits per heavy atom. The van der Waals surface area contributed by atoms with Crippen molar-refractivity contribution in [2.75, 3.05) is 20.6 Å². The van der Waals surface area contributed by atoms with E-state index in [2.05, 4.69) is 17.1 Å². The van der Waals surface area contributed by atoms with Gasteiger partial charge in [-0.3, -0.25) is 4.79 Å². The van der Waals surface area contributed by atoms with Gasteiger partial charge in [-0.1, -0.05) is 6.92 Å². The van der Waals surface area contributed by atoms with Gasteiger partial charge >= 0.3 is 5.97 Å². The van der Waals surface area contributed by atoms with Crippen molar-refractivity contribution in [2.45, 2.75) is 38.8 Å². The summed E-state index contributed by atoms with van der Waals surface area (Å²) >= 11 is 0. The lowest BCUT2D eigenvalue weighted by Gasteiger charge is -2.28. The summed E-state index contributed by atoms with van der Waals surface area (Å²) in [4.78, 5) is 13.0. The van der Waals surface area contributed by atoms with Crippen LogP contribution in [-0.2, 0) is 4.79 Å². The minimum Gasteiger partial charge on any atom is -0.480 e. The van der Waals surface area contributed by atoms with Crippen LogP contribution < -0.4 is 5.32 Å².